The first-order chi connectivity index (χ1) is 8.92. The van der Waals surface area contributed by atoms with E-state index in [2.05, 4.69) is 51.9 Å². The third kappa shape index (κ3) is 2.57. The molecule has 0 aliphatic carbocycles. The second-order valence-electron chi connectivity index (χ2n) is 4.81. The first-order valence-corrected chi connectivity index (χ1v) is 6.62. The molecular weight excluding hydrogens is 222 g/mol. The number of anilines is 1. The molecule has 2 heterocycles. The topological polar surface area (TPSA) is 29.0 Å². The Morgan fingerprint density at radius 1 is 1.22 bits per heavy atom. The average molecular weight is 241 g/mol. The van der Waals surface area contributed by atoms with Crippen molar-refractivity contribution in [1.29, 1.82) is 0 Å². The molecular formula is C15H19N3. The van der Waals surface area contributed by atoms with E-state index >= 15 is 0 Å². The predicted octanol–water partition coefficient (Wildman–Crippen LogP) is 2.64. The zero-order chi connectivity index (χ0) is 12.2. The van der Waals surface area contributed by atoms with Gasteiger partial charge in [-0.1, -0.05) is 6.07 Å². The summed E-state index contributed by atoms with van der Waals surface area (Å²) >= 11 is 0. The van der Waals surface area contributed by atoms with E-state index < -0.39 is 0 Å². The van der Waals surface area contributed by atoms with Crippen LogP contribution in [0.25, 0.3) is 5.69 Å². The van der Waals surface area contributed by atoms with Gasteiger partial charge in [-0.15, -0.1) is 0 Å². The lowest BCUT2D eigenvalue weighted by Crippen LogP contribution is -2.29. The molecule has 1 atom stereocenters. The van der Waals surface area contributed by atoms with Crippen LogP contribution < -0.4 is 10.6 Å². The van der Waals surface area contributed by atoms with Crippen LogP contribution in [0.3, 0.4) is 0 Å². The Balaban J connectivity index is 1.67. The molecule has 1 aliphatic heterocycles. The minimum Gasteiger partial charge on any atom is -0.383 e. The van der Waals surface area contributed by atoms with Crippen molar-refractivity contribution in [3.8, 4) is 5.69 Å². The van der Waals surface area contributed by atoms with E-state index in [1.54, 1.807) is 0 Å². The summed E-state index contributed by atoms with van der Waals surface area (Å²) in [7, 11) is 0. The number of rotatable bonds is 4. The maximum Gasteiger partial charge on any atom is 0.0469 e. The Labute approximate surface area is 108 Å². The molecule has 1 aromatic heterocycles. The summed E-state index contributed by atoms with van der Waals surface area (Å²) in [5.41, 5.74) is 2.39. The fourth-order valence-electron chi connectivity index (χ4n) is 2.46. The summed E-state index contributed by atoms with van der Waals surface area (Å²) in [6.45, 7) is 2.17. The third-order valence-electron chi connectivity index (χ3n) is 3.46. The molecule has 1 aliphatic rings. The Kier molecular flexibility index (Phi) is 3.33. The maximum absolute atomic E-state index is 3.51. The molecule has 0 amide bonds. The van der Waals surface area contributed by atoms with Crippen molar-refractivity contribution in [2.75, 3.05) is 18.4 Å². The fraction of sp³-hybridized carbons (Fsp3) is 0.333. The van der Waals surface area contributed by atoms with Crippen molar-refractivity contribution < 1.29 is 0 Å². The number of aromatic nitrogens is 1. The quantitative estimate of drug-likeness (QED) is 0.861. The van der Waals surface area contributed by atoms with Gasteiger partial charge in [-0.2, -0.15) is 0 Å². The molecule has 2 aromatic rings. The van der Waals surface area contributed by atoms with Gasteiger partial charge in [-0.05, 0) is 49.7 Å². The number of benzene rings is 1. The van der Waals surface area contributed by atoms with Crippen LogP contribution in [-0.2, 0) is 0 Å². The van der Waals surface area contributed by atoms with Crippen LogP contribution in [-0.4, -0.2) is 23.7 Å². The molecule has 18 heavy (non-hydrogen) atoms. The lowest BCUT2D eigenvalue weighted by Gasteiger charge is -2.13. The van der Waals surface area contributed by atoms with Crippen LogP contribution in [0.4, 0.5) is 5.69 Å². The van der Waals surface area contributed by atoms with E-state index in [0.717, 1.165) is 13.1 Å². The van der Waals surface area contributed by atoms with E-state index in [1.165, 1.54) is 24.2 Å². The molecule has 1 unspecified atom stereocenters. The van der Waals surface area contributed by atoms with Crippen LogP contribution in [0.15, 0.2) is 48.8 Å². The van der Waals surface area contributed by atoms with Crippen molar-refractivity contribution in [2.24, 2.45) is 0 Å². The number of nitrogens with zero attached hydrogens (tertiary/aromatic N) is 1. The molecule has 3 heteroatoms. The standard InChI is InChI=1S/C15H19N3/c1-2-10-18(9-1)15-7-3-5-13(11-15)17-12-14-6-4-8-16-14/h1-3,5,7,9-11,14,16-17H,4,6,8,12H2. The van der Waals surface area contributed by atoms with Gasteiger partial charge in [0.15, 0.2) is 0 Å². The van der Waals surface area contributed by atoms with Crippen molar-refractivity contribution >= 4 is 5.69 Å². The van der Waals surface area contributed by atoms with Gasteiger partial charge in [0.05, 0.1) is 0 Å². The first kappa shape index (κ1) is 11.4. The SMILES string of the molecule is c1cc(NCC2CCCN2)cc(-n2cccc2)c1. The summed E-state index contributed by atoms with van der Waals surface area (Å²) in [4.78, 5) is 0. The van der Waals surface area contributed by atoms with Gasteiger partial charge in [-0.3, -0.25) is 0 Å². The Bertz CT molecular complexity index is 484. The number of hydrogen-bond donors (Lipinski definition) is 2. The van der Waals surface area contributed by atoms with E-state index in [0.29, 0.717) is 6.04 Å². The molecule has 0 spiro atoms. The van der Waals surface area contributed by atoms with E-state index in [9.17, 15) is 0 Å². The number of hydrogen-bond acceptors (Lipinski definition) is 2. The molecule has 3 nitrogen and oxygen atoms in total. The minimum atomic E-state index is 0.625. The largest absolute Gasteiger partial charge is 0.383 e. The minimum absolute atomic E-state index is 0.625. The zero-order valence-corrected chi connectivity index (χ0v) is 10.5. The highest BCUT2D eigenvalue weighted by Crippen LogP contribution is 2.15. The summed E-state index contributed by atoms with van der Waals surface area (Å²) in [5, 5.41) is 7.01. The highest BCUT2D eigenvalue weighted by atomic mass is 15.0. The molecule has 0 saturated carbocycles. The summed E-state index contributed by atoms with van der Waals surface area (Å²) in [6, 6.07) is 13.3. The van der Waals surface area contributed by atoms with Crippen molar-refractivity contribution in [3.05, 3.63) is 48.8 Å². The molecule has 1 aromatic carbocycles. The van der Waals surface area contributed by atoms with E-state index in [4.69, 9.17) is 0 Å². The second kappa shape index (κ2) is 5.27. The second-order valence-corrected chi connectivity index (χ2v) is 4.81. The normalized spacial score (nSPS) is 19.0. The third-order valence-corrected chi connectivity index (χ3v) is 3.46. The van der Waals surface area contributed by atoms with Crippen LogP contribution in [0.2, 0.25) is 0 Å². The van der Waals surface area contributed by atoms with Gasteiger partial charge in [-0.25, -0.2) is 0 Å². The highest BCUT2D eigenvalue weighted by Gasteiger charge is 2.12. The predicted molar refractivity (Wildman–Crippen MR) is 75.3 cm³/mol. The number of nitrogens with one attached hydrogen (secondary N) is 2. The zero-order valence-electron chi connectivity index (χ0n) is 10.5. The molecule has 1 saturated heterocycles. The molecule has 0 bridgehead atoms. The Hall–Kier alpha value is -1.74. The van der Waals surface area contributed by atoms with Gasteiger partial charge >= 0.3 is 0 Å². The monoisotopic (exact) mass is 241 g/mol. The molecule has 3 rings (SSSR count). The van der Waals surface area contributed by atoms with Gasteiger partial charge < -0.3 is 15.2 Å². The molecule has 0 radical (unpaired) electrons. The summed E-state index contributed by atoms with van der Waals surface area (Å²) < 4.78 is 2.12. The van der Waals surface area contributed by atoms with Crippen LogP contribution >= 0.6 is 0 Å². The van der Waals surface area contributed by atoms with Crippen LogP contribution in [0, 0.1) is 0 Å². The molecule has 94 valence electrons. The van der Waals surface area contributed by atoms with Gasteiger partial charge in [0, 0.05) is 36.4 Å². The van der Waals surface area contributed by atoms with E-state index in [1.807, 2.05) is 12.1 Å². The summed E-state index contributed by atoms with van der Waals surface area (Å²) in [5.74, 6) is 0. The maximum atomic E-state index is 3.51. The summed E-state index contributed by atoms with van der Waals surface area (Å²) in [6.07, 6.45) is 6.72. The smallest absolute Gasteiger partial charge is 0.0469 e. The van der Waals surface area contributed by atoms with E-state index in [-0.39, 0.29) is 0 Å². The Morgan fingerprint density at radius 2 is 2.11 bits per heavy atom. The molecule has 2 N–H and O–H groups in total. The fourth-order valence-corrected chi connectivity index (χ4v) is 2.46. The van der Waals surface area contributed by atoms with Crippen molar-refractivity contribution in [3.63, 3.8) is 0 Å². The van der Waals surface area contributed by atoms with Gasteiger partial charge in [0.25, 0.3) is 0 Å². The lowest BCUT2D eigenvalue weighted by atomic mass is 10.2. The Morgan fingerprint density at radius 3 is 2.89 bits per heavy atom. The van der Waals surface area contributed by atoms with Crippen molar-refractivity contribution in [1.82, 2.24) is 9.88 Å². The van der Waals surface area contributed by atoms with Crippen LogP contribution in [0.1, 0.15) is 12.8 Å². The van der Waals surface area contributed by atoms with Gasteiger partial charge in [0.1, 0.15) is 0 Å². The first-order valence-electron chi connectivity index (χ1n) is 6.62. The molecule has 1 fully saturated rings. The average Bonchev–Trinajstić information content (AvgIpc) is 3.10. The van der Waals surface area contributed by atoms with Crippen molar-refractivity contribution in [2.45, 2.75) is 18.9 Å². The highest BCUT2D eigenvalue weighted by molar-refractivity contribution is 5.51. The van der Waals surface area contributed by atoms with Gasteiger partial charge in [0.2, 0.25) is 0 Å². The lowest BCUT2D eigenvalue weighted by molar-refractivity contribution is 0.633. The van der Waals surface area contributed by atoms with Crippen LogP contribution in [0.5, 0.6) is 0 Å².